The Labute approximate surface area is 134 Å². The van der Waals surface area contributed by atoms with Crippen molar-refractivity contribution in [2.24, 2.45) is 0 Å². The van der Waals surface area contributed by atoms with E-state index in [1.165, 1.54) is 18.2 Å². The Hall–Kier alpha value is -1.92. The first-order valence-electron chi connectivity index (χ1n) is 5.90. The molecule has 7 heteroatoms. The molecule has 0 heterocycles. The summed E-state index contributed by atoms with van der Waals surface area (Å²) in [6.07, 6.45) is 0. The number of nitro groups is 1. The zero-order valence-electron chi connectivity index (χ0n) is 10.9. The number of rotatable bonds is 3. The third-order valence-electron chi connectivity index (χ3n) is 2.85. The van der Waals surface area contributed by atoms with Gasteiger partial charge in [0.1, 0.15) is 5.02 Å². The van der Waals surface area contributed by atoms with Gasteiger partial charge in [0.25, 0.3) is 11.6 Å². The molecule has 5 nitrogen and oxygen atoms in total. The molecule has 0 atom stereocenters. The number of benzene rings is 2. The molecular formula is C14H10BrClN2O3. The average Bonchev–Trinajstić information content (AvgIpc) is 2.43. The smallest absolute Gasteiger partial charge is 0.287 e. The molecule has 0 aliphatic rings. The number of amides is 1. The van der Waals surface area contributed by atoms with E-state index >= 15 is 0 Å². The van der Waals surface area contributed by atoms with Gasteiger partial charge in [-0.3, -0.25) is 14.9 Å². The lowest BCUT2D eigenvalue weighted by atomic mass is 10.1. The highest BCUT2D eigenvalue weighted by Gasteiger charge is 2.16. The molecule has 0 bridgehead atoms. The second kappa shape index (κ2) is 6.24. The Morgan fingerprint density at radius 1 is 1.33 bits per heavy atom. The zero-order valence-corrected chi connectivity index (χ0v) is 13.2. The Balaban J connectivity index is 2.27. The van der Waals surface area contributed by atoms with E-state index in [0.29, 0.717) is 5.69 Å². The van der Waals surface area contributed by atoms with Crippen LogP contribution in [0, 0.1) is 17.0 Å². The number of aryl methyl sites for hydroxylation is 1. The Kier molecular flexibility index (Phi) is 4.59. The summed E-state index contributed by atoms with van der Waals surface area (Å²) < 4.78 is 0.784. The maximum absolute atomic E-state index is 12.2. The summed E-state index contributed by atoms with van der Waals surface area (Å²) >= 11 is 9.19. The lowest BCUT2D eigenvalue weighted by Crippen LogP contribution is -2.12. The first-order valence-corrected chi connectivity index (χ1v) is 7.07. The molecule has 1 N–H and O–H groups in total. The third kappa shape index (κ3) is 3.40. The summed E-state index contributed by atoms with van der Waals surface area (Å²) in [5.41, 5.74) is 1.62. The number of carbonyl (C=O) groups is 1. The molecule has 0 aliphatic carbocycles. The van der Waals surface area contributed by atoms with Crippen LogP contribution in [0.2, 0.25) is 5.02 Å². The predicted molar refractivity (Wildman–Crippen MR) is 84.9 cm³/mol. The highest BCUT2D eigenvalue weighted by molar-refractivity contribution is 9.10. The molecule has 0 radical (unpaired) electrons. The molecule has 2 aromatic rings. The Bertz CT molecular complexity index is 734. The normalized spacial score (nSPS) is 10.2. The number of anilines is 1. The molecule has 2 aromatic carbocycles. The van der Waals surface area contributed by atoms with Crippen LogP contribution < -0.4 is 5.32 Å². The molecule has 0 saturated carbocycles. The van der Waals surface area contributed by atoms with Crippen molar-refractivity contribution in [3.8, 4) is 0 Å². The van der Waals surface area contributed by atoms with Crippen molar-refractivity contribution in [3.63, 3.8) is 0 Å². The molecule has 0 spiro atoms. The molecule has 0 aliphatic heterocycles. The van der Waals surface area contributed by atoms with Gasteiger partial charge in [-0.1, -0.05) is 23.7 Å². The first kappa shape index (κ1) is 15.5. The average molecular weight is 370 g/mol. The number of carbonyl (C=O) groups excluding carboxylic acids is 1. The predicted octanol–water partition coefficient (Wildman–Crippen LogP) is 4.57. The van der Waals surface area contributed by atoms with Gasteiger partial charge in [-0.2, -0.15) is 0 Å². The van der Waals surface area contributed by atoms with Crippen LogP contribution in [-0.4, -0.2) is 10.8 Å². The standard InChI is InChI=1S/C14H10BrClN2O3/c1-8-3-2-4-11(13(8)15)17-14(19)9-5-6-12(18(20)21)10(16)7-9/h2-7H,1H3,(H,17,19). The van der Waals surface area contributed by atoms with E-state index in [0.717, 1.165) is 10.0 Å². The number of nitrogens with zero attached hydrogens (tertiary/aromatic N) is 1. The monoisotopic (exact) mass is 368 g/mol. The van der Waals surface area contributed by atoms with Crippen molar-refractivity contribution < 1.29 is 9.72 Å². The molecule has 108 valence electrons. The fraction of sp³-hybridized carbons (Fsp3) is 0.0714. The molecule has 0 aromatic heterocycles. The number of hydrogen-bond acceptors (Lipinski definition) is 3. The summed E-state index contributed by atoms with van der Waals surface area (Å²) in [4.78, 5) is 22.2. The van der Waals surface area contributed by atoms with Crippen LogP contribution in [-0.2, 0) is 0 Å². The van der Waals surface area contributed by atoms with Gasteiger partial charge in [-0.15, -0.1) is 0 Å². The van der Waals surface area contributed by atoms with Gasteiger partial charge < -0.3 is 5.32 Å². The van der Waals surface area contributed by atoms with Gasteiger partial charge in [0.2, 0.25) is 0 Å². The van der Waals surface area contributed by atoms with Gasteiger partial charge in [-0.25, -0.2) is 0 Å². The third-order valence-corrected chi connectivity index (χ3v) is 4.20. The van der Waals surface area contributed by atoms with Crippen LogP contribution in [0.3, 0.4) is 0 Å². The van der Waals surface area contributed by atoms with Gasteiger partial charge in [0.05, 0.1) is 10.6 Å². The summed E-state index contributed by atoms with van der Waals surface area (Å²) in [5, 5.41) is 13.3. The summed E-state index contributed by atoms with van der Waals surface area (Å²) in [5.74, 6) is -0.391. The van der Waals surface area contributed by atoms with Crippen molar-refractivity contribution in [2.75, 3.05) is 5.32 Å². The van der Waals surface area contributed by atoms with E-state index in [4.69, 9.17) is 11.6 Å². The second-order valence-corrected chi connectivity index (χ2v) is 5.51. The van der Waals surface area contributed by atoms with Crippen molar-refractivity contribution >= 4 is 44.8 Å². The van der Waals surface area contributed by atoms with Crippen LogP contribution in [0.5, 0.6) is 0 Å². The van der Waals surface area contributed by atoms with Gasteiger partial charge >= 0.3 is 0 Å². The van der Waals surface area contributed by atoms with Gasteiger partial charge in [-0.05, 0) is 46.6 Å². The maximum atomic E-state index is 12.2. The van der Waals surface area contributed by atoms with Crippen LogP contribution in [0.15, 0.2) is 40.9 Å². The van der Waals surface area contributed by atoms with Crippen molar-refractivity contribution in [1.29, 1.82) is 0 Å². The molecular weight excluding hydrogens is 360 g/mol. The van der Waals surface area contributed by atoms with Crippen LogP contribution >= 0.6 is 27.5 Å². The minimum Gasteiger partial charge on any atom is -0.321 e. The van der Waals surface area contributed by atoms with E-state index in [1.807, 2.05) is 19.1 Å². The summed E-state index contributed by atoms with van der Waals surface area (Å²) in [6.45, 7) is 1.91. The fourth-order valence-corrected chi connectivity index (χ4v) is 2.35. The quantitative estimate of drug-likeness (QED) is 0.636. The highest BCUT2D eigenvalue weighted by Crippen LogP contribution is 2.28. The molecule has 0 saturated heterocycles. The first-order chi connectivity index (χ1) is 9.90. The van der Waals surface area contributed by atoms with Crippen molar-refractivity contribution in [3.05, 3.63) is 67.1 Å². The second-order valence-electron chi connectivity index (χ2n) is 4.31. The molecule has 1 amide bonds. The van der Waals surface area contributed by atoms with E-state index in [2.05, 4.69) is 21.2 Å². The van der Waals surface area contributed by atoms with Crippen molar-refractivity contribution in [1.82, 2.24) is 0 Å². The Morgan fingerprint density at radius 3 is 2.67 bits per heavy atom. The fourth-order valence-electron chi connectivity index (χ4n) is 1.73. The van der Waals surface area contributed by atoms with Gasteiger partial charge in [0, 0.05) is 16.1 Å². The lowest BCUT2D eigenvalue weighted by molar-refractivity contribution is -0.384. The molecule has 0 unspecified atom stereocenters. The van der Waals surface area contributed by atoms with E-state index < -0.39 is 10.8 Å². The highest BCUT2D eigenvalue weighted by atomic mass is 79.9. The molecule has 0 fully saturated rings. The van der Waals surface area contributed by atoms with Crippen molar-refractivity contribution in [2.45, 2.75) is 6.92 Å². The SMILES string of the molecule is Cc1cccc(NC(=O)c2ccc([N+](=O)[O-])c(Cl)c2)c1Br. The largest absolute Gasteiger partial charge is 0.321 e. The minimum atomic E-state index is -0.596. The number of hydrogen-bond donors (Lipinski definition) is 1. The molecule has 21 heavy (non-hydrogen) atoms. The number of halogens is 2. The van der Waals surface area contributed by atoms with E-state index in [1.54, 1.807) is 6.07 Å². The molecule has 2 rings (SSSR count). The topological polar surface area (TPSA) is 72.2 Å². The number of nitrogens with one attached hydrogen (secondary N) is 1. The van der Waals surface area contributed by atoms with E-state index in [9.17, 15) is 14.9 Å². The summed E-state index contributed by atoms with van der Waals surface area (Å²) in [7, 11) is 0. The summed E-state index contributed by atoms with van der Waals surface area (Å²) in [6, 6.07) is 9.33. The number of nitro benzene ring substituents is 1. The lowest BCUT2D eigenvalue weighted by Gasteiger charge is -2.09. The van der Waals surface area contributed by atoms with Crippen LogP contribution in [0.25, 0.3) is 0 Å². The van der Waals surface area contributed by atoms with E-state index in [-0.39, 0.29) is 16.3 Å². The Morgan fingerprint density at radius 2 is 2.05 bits per heavy atom. The maximum Gasteiger partial charge on any atom is 0.287 e. The van der Waals surface area contributed by atoms with Crippen LogP contribution in [0.1, 0.15) is 15.9 Å². The zero-order chi connectivity index (χ0) is 15.6. The van der Waals surface area contributed by atoms with Crippen LogP contribution in [0.4, 0.5) is 11.4 Å². The van der Waals surface area contributed by atoms with Gasteiger partial charge in [0.15, 0.2) is 0 Å². The minimum absolute atomic E-state index is 0.0732.